The molecule has 3 aromatic carbocycles. The molecular weight excluding hydrogens is 555 g/mol. The van der Waals surface area contributed by atoms with Crippen molar-refractivity contribution in [2.45, 2.75) is 134 Å². The van der Waals surface area contributed by atoms with Crippen molar-refractivity contribution in [3.8, 4) is 0 Å². The van der Waals surface area contributed by atoms with Gasteiger partial charge in [-0.25, -0.2) is 0 Å². The van der Waals surface area contributed by atoms with Crippen LogP contribution < -0.4 is 26.2 Å². The molecule has 0 radical (unpaired) electrons. The van der Waals surface area contributed by atoms with Crippen LogP contribution in [0.3, 0.4) is 0 Å². The Morgan fingerprint density at radius 1 is 0.609 bits per heavy atom. The molecule has 0 N–H and O–H groups in total. The molecule has 8 aliphatic rings. The molecule has 4 fully saturated rings. The zero-order valence-corrected chi connectivity index (χ0v) is 28.9. The zero-order chi connectivity index (χ0) is 31.0. The maximum atomic E-state index is 3.01. The predicted octanol–water partition coefficient (Wildman–Crippen LogP) is 8.67. The molecule has 0 bridgehead atoms. The van der Waals surface area contributed by atoms with E-state index in [0.29, 0.717) is 6.71 Å². The summed E-state index contributed by atoms with van der Waals surface area (Å²) in [5.74, 6) is 3.25. The average molecular weight is 607 g/mol. The molecule has 4 saturated carbocycles. The highest BCUT2D eigenvalue weighted by atomic mass is 15.3. The fourth-order valence-electron chi connectivity index (χ4n) is 14.7. The van der Waals surface area contributed by atoms with E-state index < -0.39 is 0 Å². The highest BCUT2D eigenvalue weighted by Gasteiger charge is 2.69. The lowest BCUT2D eigenvalue weighted by atomic mass is 9.33. The van der Waals surface area contributed by atoms with E-state index in [2.05, 4.69) is 92.9 Å². The van der Waals surface area contributed by atoms with Gasteiger partial charge in [0.1, 0.15) is 0 Å². The molecule has 0 spiro atoms. The van der Waals surface area contributed by atoms with Crippen LogP contribution in [0.15, 0.2) is 48.5 Å². The van der Waals surface area contributed by atoms with E-state index in [1.54, 1.807) is 50.3 Å². The minimum atomic E-state index is 0.102. The van der Waals surface area contributed by atoms with Crippen LogP contribution in [0.25, 0.3) is 0 Å². The summed E-state index contributed by atoms with van der Waals surface area (Å²) in [5, 5.41) is 0. The molecule has 4 heterocycles. The third kappa shape index (κ3) is 2.68. The molecule has 3 heteroatoms. The van der Waals surface area contributed by atoms with Gasteiger partial charge in [-0.3, -0.25) is 0 Å². The van der Waals surface area contributed by atoms with E-state index >= 15 is 0 Å². The smallest absolute Gasteiger partial charge is 0.252 e. The van der Waals surface area contributed by atoms with Gasteiger partial charge in [-0.2, -0.15) is 0 Å². The third-order valence-electron chi connectivity index (χ3n) is 17.0. The highest BCUT2D eigenvalue weighted by Crippen LogP contribution is 2.69. The van der Waals surface area contributed by atoms with E-state index in [4.69, 9.17) is 0 Å². The Balaban J connectivity index is 1.23. The number of aryl methyl sites for hydroxylation is 1. The van der Waals surface area contributed by atoms with E-state index in [1.165, 1.54) is 82.6 Å². The summed E-state index contributed by atoms with van der Waals surface area (Å²) in [6, 6.07) is 20.2. The Labute approximate surface area is 277 Å². The van der Waals surface area contributed by atoms with Crippen molar-refractivity contribution in [2.75, 3.05) is 9.80 Å². The molecule has 11 rings (SSSR count). The second-order valence-electron chi connectivity index (χ2n) is 18.1. The molecule has 0 amide bonds. The van der Waals surface area contributed by atoms with Crippen LogP contribution in [0.5, 0.6) is 0 Å². The summed E-state index contributed by atoms with van der Waals surface area (Å²) in [6.07, 6.45) is 16.8. The topological polar surface area (TPSA) is 6.48 Å². The largest absolute Gasteiger partial charge is 0.335 e. The van der Waals surface area contributed by atoms with Gasteiger partial charge >= 0.3 is 0 Å². The molecule has 0 saturated heterocycles. The van der Waals surface area contributed by atoms with Gasteiger partial charge in [0.25, 0.3) is 6.71 Å². The molecule has 0 aromatic heterocycles. The number of rotatable bonds is 0. The number of hydrogen-bond donors (Lipinski definition) is 0. The number of benzene rings is 3. The first-order chi connectivity index (χ1) is 22.2. The molecule has 8 atom stereocenters. The fraction of sp³-hybridized carbons (Fsp3) is 0.581. The molecule has 2 nitrogen and oxygen atoms in total. The van der Waals surface area contributed by atoms with Gasteiger partial charge in [0.15, 0.2) is 0 Å². The molecule has 46 heavy (non-hydrogen) atoms. The summed E-state index contributed by atoms with van der Waals surface area (Å²) in [4.78, 5) is 6.01. The summed E-state index contributed by atoms with van der Waals surface area (Å²) >= 11 is 0. The number of hydrogen-bond acceptors (Lipinski definition) is 2. The zero-order valence-electron chi connectivity index (χ0n) is 28.9. The number of para-hydroxylation sites is 1. The number of fused-ring (bicyclic) bond motifs is 14. The SMILES string of the molecule is Cc1ccc2c3c1C1(C)CCC4CCCCC4C1(C)N3c1cccc3c1B2c1cccc2c1N3C1(C)C3CCCCC3CCC21C. The van der Waals surface area contributed by atoms with Gasteiger partial charge in [-0.15, -0.1) is 0 Å². The van der Waals surface area contributed by atoms with Crippen molar-refractivity contribution >= 4 is 45.9 Å². The van der Waals surface area contributed by atoms with Gasteiger partial charge in [0.05, 0.1) is 11.1 Å². The van der Waals surface area contributed by atoms with Crippen LogP contribution in [0.4, 0.5) is 22.7 Å². The van der Waals surface area contributed by atoms with Crippen LogP contribution in [0.1, 0.15) is 121 Å². The minimum Gasteiger partial charge on any atom is -0.335 e. The summed E-state index contributed by atoms with van der Waals surface area (Å²) in [6.45, 7) is 13.6. The lowest BCUT2D eigenvalue weighted by molar-refractivity contribution is 0.0333. The number of anilines is 4. The summed E-state index contributed by atoms with van der Waals surface area (Å²) in [5.41, 5.74) is 16.5. The molecular formula is C43H51BN2. The van der Waals surface area contributed by atoms with E-state index in [9.17, 15) is 0 Å². The van der Waals surface area contributed by atoms with Crippen LogP contribution in [-0.2, 0) is 10.8 Å². The van der Waals surface area contributed by atoms with Crippen molar-refractivity contribution in [3.63, 3.8) is 0 Å². The van der Waals surface area contributed by atoms with Crippen molar-refractivity contribution in [2.24, 2.45) is 23.7 Å². The van der Waals surface area contributed by atoms with E-state index in [-0.39, 0.29) is 21.9 Å². The van der Waals surface area contributed by atoms with Crippen LogP contribution in [-0.4, -0.2) is 17.8 Å². The summed E-state index contributed by atoms with van der Waals surface area (Å²) < 4.78 is 0. The van der Waals surface area contributed by atoms with Crippen molar-refractivity contribution in [1.82, 2.24) is 0 Å². The molecule has 8 unspecified atom stereocenters. The number of nitrogens with zero attached hydrogens (tertiary/aromatic N) is 2. The maximum Gasteiger partial charge on any atom is 0.252 e. The Bertz CT molecular complexity index is 1860. The predicted molar refractivity (Wildman–Crippen MR) is 194 cm³/mol. The van der Waals surface area contributed by atoms with Crippen LogP contribution in [0, 0.1) is 30.6 Å². The lowest BCUT2D eigenvalue weighted by Crippen LogP contribution is -2.69. The van der Waals surface area contributed by atoms with Gasteiger partial charge in [0, 0.05) is 33.6 Å². The first kappa shape index (κ1) is 27.3. The van der Waals surface area contributed by atoms with Crippen molar-refractivity contribution < 1.29 is 0 Å². The molecule has 236 valence electrons. The normalized spacial score (nSPS) is 40.3. The van der Waals surface area contributed by atoms with E-state index in [0.717, 1.165) is 23.7 Å². The quantitative estimate of drug-likeness (QED) is 0.236. The molecule has 3 aromatic rings. The lowest BCUT2D eigenvalue weighted by Gasteiger charge is -2.61. The summed E-state index contributed by atoms with van der Waals surface area (Å²) in [7, 11) is 0. The van der Waals surface area contributed by atoms with Crippen LogP contribution in [0.2, 0.25) is 0 Å². The minimum absolute atomic E-state index is 0.102. The highest BCUT2D eigenvalue weighted by molar-refractivity contribution is 7.00. The molecule has 4 aliphatic carbocycles. The van der Waals surface area contributed by atoms with Gasteiger partial charge in [-0.1, -0.05) is 88.8 Å². The second kappa shape index (κ2) is 8.48. The Hall–Kier alpha value is -2.68. The Morgan fingerprint density at radius 3 is 1.87 bits per heavy atom. The van der Waals surface area contributed by atoms with E-state index in [1.807, 2.05) is 0 Å². The fourth-order valence-corrected chi connectivity index (χ4v) is 14.7. The third-order valence-corrected chi connectivity index (χ3v) is 17.0. The standard InChI is InChI=1S/C43H51BN2/c1-26-20-21-33-39-36(26)41(3)25-23-28-13-7-9-15-30(28)43(41,5)46(39)35-19-11-18-34-37(35)44(33)32-17-10-16-31-38(32)45(34)42(4)29-14-8-6-12-27(29)22-24-40(31,42)2/h10-11,16-21,27-30H,6-9,12-15,22-25H2,1-5H3. The Morgan fingerprint density at radius 2 is 1.17 bits per heavy atom. The Kier molecular flexibility index (Phi) is 5.03. The molecule has 4 aliphatic heterocycles. The maximum absolute atomic E-state index is 3.01. The van der Waals surface area contributed by atoms with Gasteiger partial charge in [-0.05, 0) is 128 Å². The first-order valence-electron chi connectivity index (χ1n) is 19.3. The van der Waals surface area contributed by atoms with Crippen molar-refractivity contribution in [1.29, 1.82) is 0 Å². The van der Waals surface area contributed by atoms with Crippen molar-refractivity contribution in [3.05, 3.63) is 65.2 Å². The first-order valence-corrected chi connectivity index (χ1v) is 19.3. The van der Waals surface area contributed by atoms with Gasteiger partial charge < -0.3 is 9.80 Å². The second-order valence-corrected chi connectivity index (χ2v) is 18.1. The van der Waals surface area contributed by atoms with Crippen LogP contribution >= 0.6 is 0 Å². The monoisotopic (exact) mass is 606 g/mol. The average Bonchev–Trinajstić information content (AvgIpc) is 3.43. The van der Waals surface area contributed by atoms with Gasteiger partial charge in [0.2, 0.25) is 0 Å².